The third-order valence-electron chi connectivity index (χ3n) is 3.24. The lowest BCUT2D eigenvalue weighted by Gasteiger charge is -2.17. The topological polar surface area (TPSA) is 29.5 Å². The molecule has 3 heteroatoms. The van der Waals surface area contributed by atoms with Gasteiger partial charge in [0.2, 0.25) is 0 Å². The van der Waals surface area contributed by atoms with Crippen LogP contribution in [0, 0.1) is 0 Å². The minimum Gasteiger partial charge on any atom is -0.377 e. The summed E-state index contributed by atoms with van der Waals surface area (Å²) in [6.07, 6.45) is 0.239. The van der Waals surface area contributed by atoms with Gasteiger partial charge in [-0.05, 0) is 32.4 Å². The summed E-state index contributed by atoms with van der Waals surface area (Å²) in [5.41, 5.74) is 2.05. The lowest BCUT2D eigenvalue weighted by Crippen LogP contribution is -2.29. The molecule has 0 unspecified atom stereocenters. The predicted molar refractivity (Wildman–Crippen MR) is 83.4 cm³/mol. The monoisotopic (exact) mass is 277 g/mol. The van der Waals surface area contributed by atoms with Gasteiger partial charge < -0.3 is 4.74 Å². The highest BCUT2D eigenvalue weighted by Gasteiger charge is 2.10. The highest BCUT2D eigenvalue weighted by molar-refractivity contribution is 5.97. The zero-order chi connectivity index (χ0) is 15.1. The number of hydrogen-bond acceptors (Lipinski definition) is 3. The molecule has 0 spiro atoms. The number of hydrogen-bond donors (Lipinski definition) is 0. The van der Waals surface area contributed by atoms with Gasteiger partial charge in [0.1, 0.15) is 0 Å². The molecule has 0 aliphatic rings. The molecule has 0 fully saturated rings. The molecule has 0 heterocycles. The first-order valence-electron chi connectivity index (χ1n) is 7.33. The molecule has 0 aliphatic carbocycles. The number of Topliss-reactive ketones (excluding diaryl/α,β-unsaturated/α-hetero) is 1. The molecule has 0 saturated heterocycles. The molecule has 0 aromatic heterocycles. The SMILES string of the molecule is CC(C)OCCN(C)CC(=O)c1ccc(C(C)C)cc1. The minimum absolute atomic E-state index is 0.160. The Morgan fingerprint density at radius 2 is 1.75 bits per heavy atom. The fourth-order valence-corrected chi connectivity index (χ4v) is 1.91. The molecule has 0 N–H and O–H groups in total. The van der Waals surface area contributed by atoms with Crippen LogP contribution in [-0.2, 0) is 4.74 Å². The molecule has 1 aromatic rings. The van der Waals surface area contributed by atoms with Crippen LogP contribution in [0.3, 0.4) is 0 Å². The number of carbonyl (C=O) groups excluding carboxylic acids is 1. The molecule has 3 nitrogen and oxygen atoms in total. The van der Waals surface area contributed by atoms with Crippen molar-refractivity contribution in [2.75, 3.05) is 26.7 Å². The molecule has 0 atom stereocenters. The summed E-state index contributed by atoms with van der Waals surface area (Å²) in [5.74, 6) is 0.655. The van der Waals surface area contributed by atoms with Gasteiger partial charge >= 0.3 is 0 Å². The first-order valence-corrected chi connectivity index (χ1v) is 7.33. The van der Waals surface area contributed by atoms with Gasteiger partial charge in [0.15, 0.2) is 5.78 Å². The van der Waals surface area contributed by atoms with Crippen LogP contribution in [0.1, 0.15) is 49.5 Å². The predicted octanol–water partition coefficient (Wildman–Crippen LogP) is 3.35. The first-order chi connectivity index (χ1) is 9.40. The normalized spacial score (nSPS) is 11.6. The Balaban J connectivity index is 2.45. The number of ketones is 1. The van der Waals surface area contributed by atoms with Crippen molar-refractivity contribution in [3.63, 3.8) is 0 Å². The smallest absolute Gasteiger partial charge is 0.176 e. The van der Waals surface area contributed by atoms with E-state index in [0.29, 0.717) is 19.1 Å². The maximum absolute atomic E-state index is 12.2. The summed E-state index contributed by atoms with van der Waals surface area (Å²) in [5, 5.41) is 0. The Morgan fingerprint density at radius 1 is 1.15 bits per heavy atom. The molecule has 0 radical (unpaired) electrons. The van der Waals surface area contributed by atoms with Crippen LogP contribution < -0.4 is 0 Å². The molecule has 1 rings (SSSR count). The summed E-state index contributed by atoms with van der Waals surface area (Å²) in [6, 6.07) is 7.94. The van der Waals surface area contributed by atoms with Gasteiger partial charge in [-0.3, -0.25) is 9.69 Å². The fraction of sp³-hybridized carbons (Fsp3) is 0.588. The van der Waals surface area contributed by atoms with Crippen molar-refractivity contribution in [3.8, 4) is 0 Å². The van der Waals surface area contributed by atoms with Gasteiger partial charge in [-0.1, -0.05) is 38.1 Å². The van der Waals surface area contributed by atoms with E-state index in [1.165, 1.54) is 5.56 Å². The van der Waals surface area contributed by atoms with E-state index in [0.717, 1.165) is 12.1 Å². The second kappa shape index (κ2) is 8.18. The van der Waals surface area contributed by atoms with Crippen LogP contribution in [0.4, 0.5) is 0 Å². The molecule has 112 valence electrons. The number of ether oxygens (including phenoxy) is 1. The third kappa shape index (κ3) is 5.85. The molecule has 20 heavy (non-hydrogen) atoms. The second-order valence-electron chi connectivity index (χ2n) is 5.86. The largest absolute Gasteiger partial charge is 0.377 e. The standard InChI is InChI=1S/C17H27NO2/c1-13(2)15-6-8-16(9-7-15)17(19)12-18(5)10-11-20-14(3)4/h6-9,13-14H,10-12H2,1-5H3. The Bertz CT molecular complexity index is 410. The lowest BCUT2D eigenvalue weighted by molar-refractivity contribution is 0.0619. The van der Waals surface area contributed by atoms with Crippen molar-refractivity contribution in [2.45, 2.75) is 39.7 Å². The van der Waals surface area contributed by atoms with E-state index in [2.05, 4.69) is 13.8 Å². The molecule has 0 bridgehead atoms. The Labute approximate surface area is 122 Å². The van der Waals surface area contributed by atoms with E-state index in [1.54, 1.807) is 0 Å². The number of rotatable bonds is 8. The average Bonchev–Trinajstić information content (AvgIpc) is 2.38. The Morgan fingerprint density at radius 3 is 2.25 bits per heavy atom. The molecule has 0 amide bonds. The van der Waals surface area contributed by atoms with Crippen LogP contribution in [-0.4, -0.2) is 43.5 Å². The summed E-state index contributed by atoms with van der Waals surface area (Å²) in [6.45, 7) is 10.2. The quantitative estimate of drug-likeness (QED) is 0.682. The highest BCUT2D eigenvalue weighted by atomic mass is 16.5. The molecule has 1 aromatic carbocycles. The van der Waals surface area contributed by atoms with Crippen LogP contribution in [0.5, 0.6) is 0 Å². The van der Waals surface area contributed by atoms with Crippen molar-refractivity contribution in [2.24, 2.45) is 0 Å². The highest BCUT2D eigenvalue weighted by Crippen LogP contribution is 2.15. The number of benzene rings is 1. The van der Waals surface area contributed by atoms with E-state index in [4.69, 9.17) is 4.74 Å². The van der Waals surface area contributed by atoms with Gasteiger partial charge in [-0.25, -0.2) is 0 Å². The molecular formula is C17H27NO2. The first kappa shape index (κ1) is 16.9. The summed E-state index contributed by atoms with van der Waals surface area (Å²) < 4.78 is 5.49. The van der Waals surface area contributed by atoms with Crippen molar-refractivity contribution in [3.05, 3.63) is 35.4 Å². The van der Waals surface area contributed by atoms with E-state index in [-0.39, 0.29) is 11.9 Å². The summed E-state index contributed by atoms with van der Waals surface area (Å²) in [7, 11) is 1.95. The van der Waals surface area contributed by atoms with Crippen molar-refractivity contribution >= 4 is 5.78 Å². The Hall–Kier alpha value is -1.19. The van der Waals surface area contributed by atoms with E-state index >= 15 is 0 Å². The molecule has 0 saturated carbocycles. The summed E-state index contributed by atoms with van der Waals surface area (Å²) in [4.78, 5) is 14.2. The maximum Gasteiger partial charge on any atom is 0.176 e. The number of carbonyl (C=O) groups is 1. The van der Waals surface area contributed by atoms with Gasteiger partial charge in [-0.15, -0.1) is 0 Å². The number of likely N-dealkylation sites (N-methyl/N-ethyl adjacent to an activating group) is 1. The Kier molecular flexibility index (Phi) is 6.89. The minimum atomic E-state index is 0.160. The van der Waals surface area contributed by atoms with E-state index in [1.807, 2.05) is 50.1 Å². The summed E-state index contributed by atoms with van der Waals surface area (Å²) >= 11 is 0. The number of nitrogens with zero attached hydrogens (tertiary/aromatic N) is 1. The maximum atomic E-state index is 12.2. The van der Waals surface area contributed by atoms with Crippen LogP contribution in [0.25, 0.3) is 0 Å². The second-order valence-corrected chi connectivity index (χ2v) is 5.86. The average molecular weight is 277 g/mol. The van der Waals surface area contributed by atoms with Crippen molar-refractivity contribution in [1.82, 2.24) is 4.90 Å². The van der Waals surface area contributed by atoms with E-state index < -0.39 is 0 Å². The van der Waals surface area contributed by atoms with Crippen LogP contribution >= 0.6 is 0 Å². The van der Waals surface area contributed by atoms with Crippen molar-refractivity contribution < 1.29 is 9.53 Å². The van der Waals surface area contributed by atoms with E-state index in [9.17, 15) is 4.79 Å². The molecular weight excluding hydrogens is 250 g/mol. The zero-order valence-electron chi connectivity index (χ0n) is 13.3. The third-order valence-corrected chi connectivity index (χ3v) is 3.24. The van der Waals surface area contributed by atoms with Gasteiger partial charge in [0, 0.05) is 12.1 Å². The van der Waals surface area contributed by atoms with Crippen molar-refractivity contribution in [1.29, 1.82) is 0 Å². The zero-order valence-corrected chi connectivity index (χ0v) is 13.3. The lowest BCUT2D eigenvalue weighted by atomic mass is 10.0. The van der Waals surface area contributed by atoms with Gasteiger partial charge in [0.25, 0.3) is 0 Å². The van der Waals surface area contributed by atoms with Crippen LogP contribution in [0.2, 0.25) is 0 Å². The van der Waals surface area contributed by atoms with Gasteiger partial charge in [0.05, 0.1) is 19.3 Å². The van der Waals surface area contributed by atoms with Crippen LogP contribution in [0.15, 0.2) is 24.3 Å². The fourth-order valence-electron chi connectivity index (χ4n) is 1.91. The van der Waals surface area contributed by atoms with Gasteiger partial charge in [-0.2, -0.15) is 0 Å². The molecule has 0 aliphatic heterocycles.